The van der Waals surface area contributed by atoms with Crippen LogP contribution in [0.15, 0.2) is 68.0 Å². The molecule has 16 rings (SSSR count). The molecule has 0 bridgehead atoms. The van der Waals surface area contributed by atoms with E-state index >= 15 is 4.57 Å². The fraction of sp³-hybridized carbons (Fsp3) is 0.616. The van der Waals surface area contributed by atoms with E-state index in [2.05, 4.69) is 69.8 Å². The minimum Gasteiger partial charge on any atom is -0.387 e. The smallest absolute Gasteiger partial charge is 0.387 e. The van der Waals surface area contributed by atoms with Crippen LogP contribution in [-0.2, 0) is 163 Å². The standard InChI is InChI=1S/C73H103N26O36P5S4/c1-8-33-34(17-41(125-33)94-19-31(2)55(74)86-72(94)104)131-137(108,141)121-21-36-35(18-42(126-36)95-20-32(3)56(75)87-73(95)105)132-138(109,142)123-24-39-48(52(117-14-10-113-5)66(129-39)96-27-82-43-57(76)80-26-81-58(43)96)133-136(106,107)120-23-38-49(53(118-15-11-114-6)67(128-38)98-29-84-45-60(98)89-70(78)92-63(45)102)134-140(111,144)124-25-40-50(54(119-16-12-115-7)68(130-40)99-30-85-46-61(99)90-71(79)93-64(46)103)135-139(110,143)122-22-37-47(100)51(116-13-9-112-4)65(127-37)97-28-83-44-59(97)88-69(77)91-62(44)101/h19-20,26-30,33-42,47-54,65-68,100H,8-18,21-25H2,1-7H3,(H,106,107)(H,108,141)(H,109,142)(H,110,143)(H,111,144)(H2,74,86,104)(H2,75,87,105)(H2,76,80,81)(H3,77,88,91,101)(H3,78,89,92,102)(H3,79,90,93,103)/t33-,34?,35?,36-,37-,38-,39-,40-,41-,42-,47?,48?,49?,50?,51+,52+,53+,54+,65-,66-,67-,68-,137?,138?,139?,140?/m1/s1. The molecule has 0 spiro atoms. The van der Waals surface area contributed by atoms with Gasteiger partial charge in [0.1, 0.15) is 115 Å². The molecule has 6 fully saturated rings. The molecule has 6 saturated heterocycles. The Morgan fingerprint density at radius 3 is 1.12 bits per heavy atom. The number of nitrogen functional groups attached to an aromatic ring is 6. The van der Waals surface area contributed by atoms with Crippen molar-refractivity contribution in [2.24, 2.45) is 0 Å². The molecule has 71 heteroatoms. The second-order valence-corrected chi connectivity index (χ2v) is 45.5. The third-order valence-electron chi connectivity index (χ3n) is 23.4. The molecule has 0 aromatic carbocycles. The lowest BCUT2D eigenvalue weighted by molar-refractivity contribution is -0.0815. The summed E-state index contributed by atoms with van der Waals surface area (Å²) < 4.78 is 170. The quantitative estimate of drug-likeness (QED) is 0.0143. The van der Waals surface area contributed by atoms with E-state index in [0.717, 1.165) is 23.5 Å². The number of nitrogens with two attached hydrogens (primary N) is 6. The number of methoxy groups -OCH3 is 4. The number of aryl methyl sites for hydroxylation is 2. The Hall–Kier alpha value is -8.21. The van der Waals surface area contributed by atoms with Crippen LogP contribution in [0.25, 0.3) is 44.7 Å². The molecule has 27 atom stereocenters. The zero-order chi connectivity index (χ0) is 103. The van der Waals surface area contributed by atoms with Gasteiger partial charge in [-0.1, -0.05) is 6.92 Å². The summed E-state index contributed by atoms with van der Waals surface area (Å²) in [6.45, 7) is -19.8. The van der Waals surface area contributed by atoms with Crippen LogP contribution in [0, 0.1) is 13.8 Å². The first kappa shape index (κ1) is 109. The van der Waals surface area contributed by atoms with E-state index in [1.807, 2.05) is 0 Å². The first-order valence-corrected chi connectivity index (χ1v) is 55.5. The molecule has 0 saturated carbocycles. The maximum absolute atomic E-state index is 15.5. The Balaban J connectivity index is 0.683. The third kappa shape index (κ3) is 24.4. The molecule has 21 N–H and O–H groups in total. The van der Waals surface area contributed by atoms with Gasteiger partial charge in [-0.15, -0.1) is 0 Å². The number of ether oxygens (including phenoxy) is 14. The SMILES string of the molecule is CC[C@H]1O[C@@H](n2cc(C)c(N)nc2=O)CC1OP(O)(=S)OC[C@H]1O[C@@H](n2cc(C)c(N)nc2=O)CC1OP(O)(=S)OC[C@H]1O[C@@H](n2cnc3c(N)ncnc32)[C@@H](OCCOC)C1OP(=O)(O)OC[C@H]1O[C@@H](n2cnc3c(=O)[nH]c(N)nc32)[C@@H](OCCOC)C1OP(O)(=S)OC[C@H]1O[C@@H](n2cnc3c(=O)[nH]c(N)nc32)[C@@H](OCCOC)C1OP(O)(=S)OC[C@H]1O[C@@H](n2cnc3c(=O)[nH]c(N)nc32)[C@@H](OCCOC)C1O. The largest absolute Gasteiger partial charge is 0.472 e. The number of anilines is 6. The average molecular weight is 2200 g/mol. The number of fused-ring (bicyclic) bond motifs is 4. The van der Waals surface area contributed by atoms with Gasteiger partial charge in [0.2, 0.25) is 17.8 Å². The molecule has 62 nitrogen and oxygen atoms in total. The van der Waals surface area contributed by atoms with Crippen LogP contribution >= 0.6 is 34.7 Å². The predicted molar refractivity (Wildman–Crippen MR) is 508 cm³/mol. The predicted octanol–water partition coefficient (Wildman–Crippen LogP) is -2.11. The van der Waals surface area contributed by atoms with Crippen LogP contribution in [0.4, 0.5) is 35.3 Å². The first-order chi connectivity index (χ1) is 68.6. The van der Waals surface area contributed by atoms with Crippen LogP contribution in [0.1, 0.15) is 74.7 Å². The normalized spacial score (nSPS) is 28.9. The number of imidazole rings is 4. The lowest BCUT2D eigenvalue weighted by Gasteiger charge is -2.30. The number of H-pyrrole nitrogens is 3. The van der Waals surface area contributed by atoms with Gasteiger partial charge in [-0.25, -0.2) is 44.1 Å². The molecule has 11 unspecified atom stereocenters. The maximum atomic E-state index is 15.5. The van der Waals surface area contributed by atoms with E-state index in [1.54, 1.807) is 20.8 Å². The summed E-state index contributed by atoms with van der Waals surface area (Å²) in [6, 6.07) is 0. The lowest BCUT2D eigenvalue weighted by Crippen LogP contribution is -2.40. The van der Waals surface area contributed by atoms with Crippen molar-refractivity contribution < 1.29 is 146 Å². The van der Waals surface area contributed by atoms with Crippen LogP contribution in [-0.4, -0.2) is 339 Å². The Morgan fingerprint density at radius 1 is 0.389 bits per heavy atom. The highest BCUT2D eigenvalue weighted by molar-refractivity contribution is 8.08. The second kappa shape index (κ2) is 45.7. The topological polar surface area (TPSA) is 820 Å². The van der Waals surface area contributed by atoms with Crippen LogP contribution in [0.5, 0.6) is 0 Å². The summed E-state index contributed by atoms with van der Waals surface area (Å²) in [5, 5.41) is 12.0. The monoisotopic (exact) mass is 2200 g/mol. The van der Waals surface area contributed by atoms with Crippen molar-refractivity contribution in [3.8, 4) is 0 Å². The molecule has 0 aliphatic carbocycles. The zero-order valence-electron chi connectivity index (χ0n) is 76.9. The Kier molecular flexibility index (Phi) is 34.4. The van der Waals surface area contributed by atoms with E-state index in [4.69, 9.17) is 193 Å². The number of nitrogens with zero attached hydrogens (tertiary/aromatic N) is 17. The fourth-order valence-electron chi connectivity index (χ4n) is 16.7. The molecule has 10 aromatic rings. The summed E-state index contributed by atoms with van der Waals surface area (Å²) >= 11 is 22.9. The number of hydrogen-bond donors (Lipinski definition) is 15. The zero-order valence-corrected chi connectivity index (χ0v) is 84.7. The van der Waals surface area contributed by atoms with Gasteiger partial charge >= 0.3 is 46.1 Å². The molecule has 10 aromatic heterocycles. The summed E-state index contributed by atoms with van der Waals surface area (Å²) in [5.74, 6) is -1.21. The van der Waals surface area contributed by atoms with Crippen LogP contribution in [0.2, 0.25) is 0 Å². The van der Waals surface area contributed by atoms with E-state index in [9.17, 15) is 53.5 Å². The summed E-state index contributed by atoms with van der Waals surface area (Å²) in [4.78, 5) is 182. The van der Waals surface area contributed by atoms with Gasteiger partial charge in [0.25, 0.3) is 16.7 Å². The Morgan fingerprint density at radius 2 is 0.722 bits per heavy atom. The van der Waals surface area contributed by atoms with Gasteiger partial charge in [0.15, 0.2) is 69.9 Å². The first-order valence-electron chi connectivity index (χ1n) is 43.7. The van der Waals surface area contributed by atoms with Crippen molar-refractivity contribution >= 4 is 162 Å². The third-order valence-corrected chi connectivity index (χ3v) is 30.7. The summed E-state index contributed by atoms with van der Waals surface area (Å²) in [6.07, 6.45) is -24.0. The highest BCUT2D eigenvalue weighted by Gasteiger charge is 2.58. The molecule has 144 heavy (non-hydrogen) atoms. The van der Waals surface area contributed by atoms with Gasteiger partial charge < -0.3 is 157 Å². The van der Waals surface area contributed by atoms with Gasteiger partial charge in [0.05, 0.1) is 130 Å². The number of aliphatic hydroxyl groups is 1. The van der Waals surface area contributed by atoms with Crippen LogP contribution < -0.4 is 62.5 Å². The summed E-state index contributed by atoms with van der Waals surface area (Å²) in [5.41, 5.74) is 32.3. The lowest BCUT2D eigenvalue weighted by atomic mass is 10.1. The van der Waals surface area contributed by atoms with Crippen molar-refractivity contribution in [2.75, 3.05) is 149 Å². The van der Waals surface area contributed by atoms with E-state index in [0.29, 0.717) is 17.5 Å². The van der Waals surface area contributed by atoms with E-state index in [1.165, 1.54) is 76.3 Å². The van der Waals surface area contributed by atoms with E-state index < -0.39 is 237 Å². The van der Waals surface area contributed by atoms with Crippen molar-refractivity contribution in [3.63, 3.8) is 0 Å². The van der Waals surface area contributed by atoms with Gasteiger partial charge in [-0.2, -0.15) is 24.9 Å². The molecular formula is C73H103N26O36P5S4. The second-order valence-electron chi connectivity index (χ2n) is 32.9. The molecular weight excluding hydrogens is 2100 g/mol. The van der Waals surface area contributed by atoms with Crippen LogP contribution in [0.3, 0.4) is 0 Å². The number of aromatic nitrogens is 20. The number of phosphoric acid groups is 1. The summed E-state index contributed by atoms with van der Waals surface area (Å²) in [7, 11) is -0.348. The van der Waals surface area contributed by atoms with Crippen molar-refractivity contribution in [1.29, 1.82) is 0 Å². The van der Waals surface area contributed by atoms with Crippen molar-refractivity contribution in [3.05, 3.63) is 107 Å². The molecule has 6 aliphatic rings. The Bertz CT molecular complexity index is 6850. The molecule has 0 radical (unpaired) electrons. The van der Waals surface area contributed by atoms with Gasteiger partial charge in [-0.05, 0) is 67.5 Å². The van der Waals surface area contributed by atoms with Gasteiger partial charge in [-0.3, -0.25) is 74.8 Å². The Labute approximate surface area is 831 Å². The maximum Gasteiger partial charge on any atom is 0.472 e. The minimum atomic E-state index is -5.83. The molecule has 6 aliphatic heterocycles. The number of phosphoric ester groups is 1. The highest BCUT2D eigenvalue weighted by Crippen LogP contribution is 2.58. The number of hydrogen-bond acceptors (Lipinski definition) is 52. The minimum absolute atomic E-state index is 0.00868. The van der Waals surface area contributed by atoms with Crippen molar-refractivity contribution in [1.82, 2.24) is 97.2 Å². The van der Waals surface area contributed by atoms with Crippen molar-refractivity contribution in [2.45, 2.75) is 175 Å². The fourth-order valence-corrected chi connectivity index (χ4v) is 23.5. The molecule has 790 valence electrons. The number of rotatable bonds is 48. The number of aliphatic hydroxyl groups excluding tert-OH is 1. The van der Waals surface area contributed by atoms with E-state index in [-0.39, 0.29) is 140 Å². The highest BCUT2D eigenvalue weighted by atomic mass is 32.5. The molecule has 16 heterocycles. The number of nitrogens with one attached hydrogen (secondary N) is 3. The molecule has 0 amide bonds. The van der Waals surface area contributed by atoms with Gasteiger partial charge in [0, 0.05) is 64.8 Å². The number of aromatic amines is 3. The average Bonchev–Trinajstić information content (AvgIpc) is 1.62.